The number of hydrogen-bond acceptors (Lipinski definition) is 4. The van der Waals surface area contributed by atoms with Gasteiger partial charge < -0.3 is 9.64 Å². The summed E-state index contributed by atoms with van der Waals surface area (Å²) in [5.74, 6) is -0.833. The zero-order chi connectivity index (χ0) is 14.8. The van der Waals surface area contributed by atoms with Crippen molar-refractivity contribution in [3.8, 4) is 5.69 Å². The summed E-state index contributed by atoms with van der Waals surface area (Å²) in [6, 6.07) is 9.31. The van der Waals surface area contributed by atoms with Crippen LogP contribution in [0.3, 0.4) is 0 Å². The Balaban J connectivity index is 1.95. The summed E-state index contributed by atoms with van der Waals surface area (Å²) >= 11 is 0. The zero-order valence-corrected chi connectivity index (χ0v) is 11.6. The van der Waals surface area contributed by atoms with Crippen molar-refractivity contribution in [1.29, 1.82) is 0 Å². The standard InChI is InChI=1S/C15H15N3O3/c1-21-15(20)11-9-14(19)17(10-11)12-5-2-3-6-13(12)18-8-4-7-16-18/h2-8,11H,9-10H2,1H3. The van der Waals surface area contributed by atoms with Crippen LogP contribution in [0.1, 0.15) is 6.42 Å². The second kappa shape index (κ2) is 5.40. The first kappa shape index (κ1) is 13.4. The average Bonchev–Trinajstić information content (AvgIpc) is 3.16. The highest BCUT2D eigenvalue weighted by Crippen LogP contribution is 2.30. The molecule has 108 valence electrons. The highest BCUT2D eigenvalue weighted by molar-refractivity contribution is 6.00. The number of hydrogen-bond donors (Lipinski definition) is 0. The van der Waals surface area contributed by atoms with E-state index in [2.05, 4.69) is 5.10 Å². The van der Waals surface area contributed by atoms with E-state index in [1.165, 1.54) is 7.11 Å². The van der Waals surface area contributed by atoms with Crippen LogP contribution in [0.2, 0.25) is 0 Å². The molecule has 1 amide bonds. The van der Waals surface area contributed by atoms with Gasteiger partial charge in [-0.1, -0.05) is 12.1 Å². The van der Waals surface area contributed by atoms with Gasteiger partial charge in [0.15, 0.2) is 0 Å². The number of anilines is 1. The largest absolute Gasteiger partial charge is 0.469 e. The molecular formula is C15H15N3O3. The lowest BCUT2D eigenvalue weighted by atomic mass is 10.1. The quantitative estimate of drug-likeness (QED) is 0.800. The van der Waals surface area contributed by atoms with Crippen molar-refractivity contribution < 1.29 is 14.3 Å². The number of amides is 1. The Bertz CT molecular complexity index is 667. The average molecular weight is 285 g/mol. The summed E-state index contributed by atoms with van der Waals surface area (Å²) < 4.78 is 6.44. The van der Waals surface area contributed by atoms with E-state index in [1.807, 2.05) is 36.5 Å². The van der Waals surface area contributed by atoms with Crippen LogP contribution >= 0.6 is 0 Å². The fourth-order valence-corrected chi connectivity index (χ4v) is 2.56. The lowest BCUT2D eigenvalue weighted by Gasteiger charge is -2.20. The molecule has 0 saturated carbocycles. The maximum absolute atomic E-state index is 12.2. The number of aromatic nitrogens is 2. The molecule has 1 unspecified atom stereocenters. The number of ether oxygens (including phenoxy) is 1. The summed E-state index contributed by atoms with van der Waals surface area (Å²) in [5.41, 5.74) is 1.55. The molecule has 21 heavy (non-hydrogen) atoms. The molecule has 1 atom stereocenters. The van der Waals surface area contributed by atoms with Gasteiger partial charge in [-0.05, 0) is 18.2 Å². The maximum Gasteiger partial charge on any atom is 0.311 e. The second-order valence-electron chi connectivity index (χ2n) is 4.87. The molecule has 6 nitrogen and oxygen atoms in total. The Labute approximate surface area is 121 Å². The van der Waals surface area contributed by atoms with Crippen molar-refractivity contribution >= 4 is 17.6 Å². The van der Waals surface area contributed by atoms with E-state index in [4.69, 9.17) is 4.74 Å². The van der Waals surface area contributed by atoms with Crippen LogP contribution in [-0.4, -0.2) is 35.3 Å². The van der Waals surface area contributed by atoms with Gasteiger partial charge in [-0.3, -0.25) is 9.59 Å². The molecule has 1 saturated heterocycles. The van der Waals surface area contributed by atoms with Crippen molar-refractivity contribution in [3.05, 3.63) is 42.7 Å². The third-order valence-electron chi connectivity index (χ3n) is 3.58. The van der Waals surface area contributed by atoms with E-state index in [0.717, 1.165) is 11.4 Å². The van der Waals surface area contributed by atoms with E-state index in [1.54, 1.807) is 15.8 Å². The lowest BCUT2D eigenvalue weighted by Crippen LogP contribution is -2.27. The van der Waals surface area contributed by atoms with Gasteiger partial charge in [0.25, 0.3) is 0 Å². The Kier molecular flexibility index (Phi) is 3.43. The summed E-state index contributed by atoms with van der Waals surface area (Å²) in [7, 11) is 1.34. The minimum absolute atomic E-state index is 0.0787. The van der Waals surface area contributed by atoms with E-state index in [0.29, 0.717) is 6.54 Å². The highest BCUT2D eigenvalue weighted by atomic mass is 16.5. The van der Waals surface area contributed by atoms with Gasteiger partial charge >= 0.3 is 5.97 Å². The minimum Gasteiger partial charge on any atom is -0.469 e. The first-order valence-corrected chi connectivity index (χ1v) is 6.68. The third kappa shape index (κ3) is 2.40. The van der Waals surface area contributed by atoms with Crippen LogP contribution in [0.25, 0.3) is 5.69 Å². The van der Waals surface area contributed by atoms with E-state index >= 15 is 0 Å². The van der Waals surface area contributed by atoms with Crippen LogP contribution < -0.4 is 4.90 Å². The van der Waals surface area contributed by atoms with E-state index in [-0.39, 0.29) is 18.3 Å². The Hall–Kier alpha value is -2.63. The van der Waals surface area contributed by atoms with Gasteiger partial charge in [0.2, 0.25) is 5.91 Å². The Morgan fingerprint density at radius 3 is 2.71 bits per heavy atom. The summed E-state index contributed by atoms with van der Waals surface area (Å²) in [4.78, 5) is 25.5. The van der Waals surface area contributed by atoms with Gasteiger partial charge in [-0.15, -0.1) is 0 Å². The van der Waals surface area contributed by atoms with Crippen LogP contribution in [0.15, 0.2) is 42.7 Å². The van der Waals surface area contributed by atoms with Crippen LogP contribution in [0.4, 0.5) is 5.69 Å². The Morgan fingerprint density at radius 2 is 2.05 bits per heavy atom. The van der Waals surface area contributed by atoms with E-state index in [9.17, 15) is 9.59 Å². The number of carbonyl (C=O) groups is 2. The molecule has 2 aromatic rings. The number of carbonyl (C=O) groups excluding carboxylic acids is 2. The van der Waals surface area contributed by atoms with Gasteiger partial charge in [0.05, 0.1) is 24.4 Å². The molecule has 6 heteroatoms. The van der Waals surface area contributed by atoms with Crippen LogP contribution in [0.5, 0.6) is 0 Å². The smallest absolute Gasteiger partial charge is 0.311 e. The molecule has 0 aliphatic carbocycles. The lowest BCUT2D eigenvalue weighted by molar-refractivity contribution is -0.145. The maximum atomic E-state index is 12.2. The molecule has 0 N–H and O–H groups in total. The molecular weight excluding hydrogens is 270 g/mol. The van der Waals surface area contributed by atoms with Crippen molar-refractivity contribution in [2.75, 3.05) is 18.6 Å². The predicted octanol–water partition coefficient (Wildman–Crippen LogP) is 1.40. The molecule has 1 aromatic carbocycles. The summed E-state index contributed by atoms with van der Waals surface area (Å²) in [6.07, 6.45) is 3.68. The number of esters is 1. The molecule has 0 radical (unpaired) electrons. The Morgan fingerprint density at radius 1 is 1.29 bits per heavy atom. The van der Waals surface area contributed by atoms with Gasteiger partial charge in [0, 0.05) is 25.4 Å². The van der Waals surface area contributed by atoms with Crippen molar-refractivity contribution in [2.24, 2.45) is 5.92 Å². The number of rotatable bonds is 3. The van der Waals surface area contributed by atoms with Crippen molar-refractivity contribution in [3.63, 3.8) is 0 Å². The summed E-state index contributed by atoms with van der Waals surface area (Å²) in [5, 5.41) is 4.20. The van der Waals surface area contributed by atoms with Gasteiger partial charge in [-0.25, -0.2) is 4.68 Å². The third-order valence-corrected chi connectivity index (χ3v) is 3.58. The minimum atomic E-state index is -0.409. The number of benzene rings is 1. The number of methoxy groups -OCH3 is 1. The first-order valence-electron chi connectivity index (χ1n) is 6.68. The molecule has 0 spiro atoms. The number of para-hydroxylation sites is 2. The van der Waals surface area contributed by atoms with Gasteiger partial charge in [-0.2, -0.15) is 5.10 Å². The fraction of sp³-hybridized carbons (Fsp3) is 0.267. The number of nitrogens with zero attached hydrogens (tertiary/aromatic N) is 3. The first-order chi connectivity index (χ1) is 10.2. The molecule has 1 fully saturated rings. The van der Waals surface area contributed by atoms with E-state index < -0.39 is 5.92 Å². The molecule has 2 heterocycles. The molecule has 0 bridgehead atoms. The topological polar surface area (TPSA) is 64.4 Å². The zero-order valence-electron chi connectivity index (χ0n) is 11.6. The van der Waals surface area contributed by atoms with Crippen molar-refractivity contribution in [1.82, 2.24) is 9.78 Å². The van der Waals surface area contributed by atoms with Crippen LogP contribution in [0, 0.1) is 5.92 Å². The molecule has 1 aliphatic rings. The molecule has 1 aromatic heterocycles. The monoisotopic (exact) mass is 285 g/mol. The van der Waals surface area contributed by atoms with Gasteiger partial charge in [0.1, 0.15) is 0 Å². The predicted molar refractivity (Wildman–Crippen MR) is 76.0 cm³/mol. The highest BCUT2D eigenvalue weighted by Gasteiger charge is 2.36. The SMILES string of the molecule is COC(=O)C1CC(=O)N(c2ccccc2-n2cccn2)C1. The molecule has 3 rings (SSSR count). The van der Waals surface area contributed by atoms with Crippen LogP contribution in [-0.2, 0) is 14.3 Å². The fourth-order valence-electron chi connectivity index (χ4n) is 2.56. The molecule has 1 aliphatic heterocycles. The normalized spacial score (nSPS) is 18.0. The summed E-state index contributed by atoms with van der Waals surface area (Å²) in [6.45, 7) is 0.337. The second-order valence-corrected chi connectivity index (χ2v) is 4.87. The van der Waals surface area contributed by atoms with Crippen molar-refractivity contribution in [2.45, 2.75) is 6.42 Å².